The summed E-state index contributed by atoms with van der Waals surface area (Å²) >= 11 is 3.22. The first-order valence-electron chi connectivity index (χ1n) is 5.09. The molecule has 1 aromatic rings. The molecule has 1 nitrogen and oxygen atoms in total. The third kappa shape index (κ3) is 3.58. The molecule has 1 aromatic carbocycles. The molecule has 0 bridgehead atoms. The van der Waals surface area contributed by atoms with E-state index in [0.717, 1.165) is 4.47 Å². The van der Waals surface area contributed by atoms with Crippen LogP contribution in [0.3, 0.4) is 0 Å². The first-order chi connectivity index (χ1) is 7.04. The molecule has 1 unspecified atom stereocenters. The maximum absolute atomic E-state index is 13.5. The molecule has 1 rings (SSSR count). The van der Waals surface area contributed by atoms with Crippen LogP contribution < -0.4 is 0 Å². The van der Waals surface area contributed by atoms with Gasteiger partial charge < -0.3 is 5.11 Å². The van der Waals surface area contributed by atoms with Crippen molar-refractivity contribution in [1.82, 2.24) is 0 Å². The first-order valence-corrected chi connectivity index (χ1v) is 5.88. The van der Waals surface area contributed by atoms with E-state index in [1.807, 2.05) is 19.9 Å². The molecule has 1 atom stereocenters. The average molecular weight is 275 g/mol. The van der Waals surface area contributed by atoms with Gasteiger partial charge in [0.1, 0.15) is 5.82 Å². The highest BCUT2D eigenvalue weighted by Crippen LogP contribution is 2.21. The zero-order valence-electron chi connectivity index (χ0n) is 9.00. The summed E-state index contributed by atoms with van der Waals surface area (Å²) in [6.07, 6.45) is 0.591. The Morgan fingerprint density at radius 3 is 2.53 bits per heavy atom. The van der Waals surface area contributed by atoms with Crippen LogP contribution >= 0.6 is 15.9 Å². The molecule has 15 heavy (non-hydrogen) atoms. The fraction of sp³-hybridized carbons (Fsp3) is 0.500. The Kier molecular flexibility index (Phi) is 4.74. The molecule has 0 aliphatic carbocycles. The summed E-state index contributed by atoms with van der Waals surface area (Å²) in [6.45, 7) is 4.18. The monoisotopic (exact) mass is 274 g/mol. The molecule has 0 saturated carbocycles. The third-order valence-electron chi connectivity index (χ3n) is 2.67. The van der Waals surface area contributed by atoms with Gasteiger partial charge in [0, 0.05) is 11.1 Å². The van der Waals surface area contributed by atoms with Gasteiger partial charge in [0.15, 0.2) is 0 Å². The number of aliphatic hydroxyl groups excluding tert-OH is 1. The van der Waals surface area contributed by atoms with Crippen molar-refractivity contribution >= 4 is 15.9 Å². The normalized spacial score (nSPS) is 13.2. The summed E-state index contributed by atoms with van der Waals surface area (Å²) in [5, 5.41) is 9.17. The zero-order chi connectivity index (χ0) is 11.4. The topological polar surface area (TPSA) is 20.2 Å². The lowest BCUT2D eigenvalue weighted by molar-refractivity contribution is 0.188. The second kappa shape index (κ2) is 5.61. The standard InChI is InChI=1S/C12H16BrFO/c1-8(2)10(7-15)5-9-3-4-11(13)6-12(9)14/h3-4,6,8,10,15H,5,7H2,1-2H3. The predicted molar refractivity (Wildman–Crippen MR) is 63.2 cm³/mol. The van der Waals surface area contributed by atoms with E-state index in [0.29, 0.717) is 17.9 Å². The summed E-state index contributed by atoms with van der Waals surface area (Å²) in [4.78, 5) is 0. The second-order valence-electron chi connectivity index (χ2n) is 4.13. The first kappa shape index (κ1) is 12.7. The van der Waals surface area contributed by atoms with Gasteiger partial charge in [-0.15, -0.1) is 0 Å². The van der Waals surface area contributed by atoms with Crippen molar-refractivity contribution in [1.29, 1.82) is 0 Å². The number of hydrogen-bond acceptors (Lipinski definition) is 1. The van der Waals surface area contributed by atoms with Gasteiger partial charge in [-0.05, 0) is 36.0 Å². The maximum Gasteiger partial charge on any atom is 0.127 e. The van der Waals surface area contributed by atoms with Crippen LogP contribution in [0.2, 0.25) is 0 Å². The van der Waals surface area contributed by atoms with Gasteiger partial charge in [0.25, 0.3) is 0 Å². The van der Waals surface area contributed by atoms with Crippen LogP contribution in [-0.2, 0) is 6.42 Å². The Morgan fingerprint density at radius 1 is 1.40 bits per heavy atom. The molecule has 84 valence electrons. The van der Waals surface area contributed by atoms with E-state index >= 15 is 0 Å². The maximum atomic E-state index is 13.5. The van der Waals surface area contributed by atoms with Gasteiger partial charge in [-0.1, -0.05) is 35.8 Å². The molecule has 0 amide bonds. The minimum atomic E-state index is -0.205. The molecule has 0 radical (unpaired) electrons. The molecule has 3 heteroatoms. The Morgan fingerprint density at radius 2 is 2.07 bits per heavy atom. The van der Waals surface area contributed by atoms with Crippen molar-refractivity contribution < 1.29 is 9.50 Å². The third-order valence-corrected chi connectivity index (χ3v) is 3.17. The minimum absolute atomic E-state index is 0.104. The lowest BCUT2D eigenvalue weighted by atomic mass is 9.90. The molecular weight excluding hydrogens is 259 g/mol. The van der Waals surface area contributed by atoms with E-state index in [-0.39, 0.29) is 18.3 Å². The molecule has 0 heterocycles. The van der Waals surface area contributed by atoms with E-state index in [1.54, 1.807) is 6.07 Å². The lowest BCUT2D eigenvalue weighted by Crippen LogP contribution is -2.16. The van der Waals surface area contributed by atoms with Crippen LogP contribution in [0.5, 0.6) is 0 Å². The van der Waals surface area contributed by atoms with Gasteiger partial charge >= 0.3 is 0 Å². The smallest absolute Gasteiger partial charge is 0.127 e. The van der Waals surface area contributed by atoms with Crippen LogP contribution in [0.4, 0.5) is 4.39 Å². The molecular formula is C12H16BrFO. The van der Waals surface area contributed by atoms with Crippen molar-refractivity contribution in [2.45, 2.75) is 20.3 Å². The molecule has 0 aromatic heterocycles. The molecule has 1 N–H and O–H groups in total. The highest BCUT2D eigenvalue weighted by molar-refractivity contribution is 9.10. The molecule has 0 aliphatic heterocycles. The molecule has 0 fully saturated rings. The Hall–Kier alpha value is -0.410. The average Bonchev–Trinajstić information content (AvgIpc) is 2.16. The summed E-state index contributed by atoms with van der Waals surface area (Å²) < 4.78 is 14.2. The van der Waals surface area contributed by atoms with Crippen molar-refractivity contribution in [3.63, 3.8) is 0 Å². The van der Waals surface area contributed by atoms with Crippen molar-refractivity contribution in [2.24, 2.45) is 11.8 Å². The number of benzene rings is 1. The summed E-state index contributed by atoms with van der Waals surface area (Å²) in [7, 11) is 0. The van der Waals surface area contributed by atoms with Crippen LogP contribution in [0.15, 0.2) is 22.7 Å². The Labute approximate surface area is 98.4 Å². The van der Waals surface area contributed by atoms with Gasteiger partial charge in [-0.2, -0.15) is 0 Å². The second-order valence-corrected chi connectivity index (χ2v) is 5.04. The van der Waals surface area contributed by atoms with Crippen LogP contribution in [0.1, 0.15) is 19.4 Å². The highest BCUT2D eigenvalue weighted by atomic mass is 79.9. The van der Waals surface area contributed by atoms with Crippen molar-refractivity contribution in [3.05, 3.63) is 34.1 Å². The largest absolute Gasteiger partial charge is 0.396 e. The van der Waals surface area contributed by atoms with Crippen LogP contribution in [0, 0.1) is 17.7 Å². The number of aliphatic hydroxyl groups is 1. The lowest BCUT2D eigenvalue weighted by Gasteiger charge is -2.18. The summed E-state index contributed by atoms with van der Waals surface area (Å²) in [5.74, 6) is 0.280. The van der Waals surface area contributed by atoms with Crippen molar-refractivity contribution in [3.8, 4) is 0 Å². The zero-order valence-corrected chi connectivity index (χ0v) is 10.6. The van der Waals surface area contributed by atoms with Crippen LogP contribution in [-0.4, -0.2) is 11.7 Å². The minimum Gasteiger partial charge on any atom is -0.396 e. The predicted octanol–water partition coefficient (Wildman–Crippen LogP) is 3.40. The molecule has 0 spiro atoms. The van der Waals surface area contributed by atoms with E-state index < -0.39 is 0 Å². The van der Waals surface area contributed by atoms with E-state index in [1.165, 1.54) is 6.07 Å². The van der Waals surface area contributed by atoms with Gasteiger partial charge in [-0.25, -0.2) is 4.39 Å². The van der Waals surface area contributed by atoms with Crippen LogP contribution in [0.25, 0.3) is 0 Å². The SMILES string of the molecule is CC(C)C(CO)Cc1ccc(Br)cc1F. The fourth-order valence-electron chi connectivity index (χ4n) is 1.48. The van der Waals surface area contributed by atoms with E-state index in [9.17, 15) is 9.50 Å². The number of hydrogen-bond donors (Lipinski definition) is 1. The Balaban J connectivity index is 2.79. The Bertz CT molecular complexity index is 325. The van der Waals surface area contributed by atoms with E-state index in [4.69, 9.17) is 0 Å². The van der Waals surface area contributed by atoms with Gasteiger partial charge in [0.2, 0.25) is 0 Å². The van der Waals surface area contributed by atoms with Gasteiger partial charge in [0.05, 0.1) is 0 Å². The molecule has 0 saturated heterocycles. The van der Waals surface area contributed by atoms with Crippen molar-refractivity contribution in [2.75, 3.05) is 6.61 Å². The van der Waals surface area contributed by atoms with Gasteiger partial charge in [-0.3, -0.25) is 0 Å². The number of halogens is 2. The van der Waals surface area contributed by atoms with E-state index in [2.05, 4.69) is 15.9 Å². The fourth-order valence-corrected chi connectivity index (χ4v) is 1.81. The molecule has 0 aliphatic rings. The number of rotatable bonds is 4. The summed E-state index contributed by atoms with van der Waals surface area (Å²) in [5.41, 5.74) is 0.672. The highest BCUT2D eigenvalue weighted by Gasteiger charge is 2.15. The quantitative estimate of drug-likeness (QED) is 0.893. The summed E-state index contributed by atoms with van der Waals surface area (Å²) in [6, 6.07) is 5.06.